The highest BCUT2D eigenvalue weighted by molar-refractivity contribution is 5.99. The summed E-state index contributed by atoms with van der Waals surface area (Å²) in [5.74, 6) is 0.419. The highest BCUT2D eigenvalue weighted by Crippen LogP contribution is 2.11. The maximum Gasteiger partial charge on any atom is 0.256 e. The van der Waals surface area contributed by atoms with Crippen LogP contribution in [0.15, 0.2) is 41.4 Å². The molecule has 3 aromatic heterocycles. The molecule has 0 bridgehead atoms. The van der Waals surface area contributed by atoms with Crippen LogP contribution in [0.2, 0.25) is 0 Å². The van der Waals surface area contributed by atoms with E-state index in [0.29, 0.717) is 24.2 Å². The van der Waals surface area contributed by atoms with E-state index in [-0.39, 0.29) is 18.4 Å². The molecule has 1 atom stereocenters. The highest BCUT2D eigenvalue weighted by atomic mass is 16.3. The zero-order chi connectivity index (χ0) is 16.2. The Morgan fingerprint density at radius 3 is 3.09 bits per heavy atom. The molecule has 1 amide bonds. The fourth-order valence-electron chi connectivity index (χ4n) is 2.38. The predicted molar refractivity (Wildman–Crippen MR) is 83.0 cm³/mol. The molecular weight excluding hydrogens is 296 g/mol. The van der Waals surface area contributed by atoms with Crippen molar-refractivity contribution in [3.8, 4) is 0 Å². The number of hydrogen-bond acceptors (Lipinski definition) is 5. The second-order valence-electron chi connectivity index (χ2n) is 5.50. The molecule has 0 aliphatic heterocycles. The number of furan rings is 1. The van der Waals surface area contributed by atoms with Gasteiger partial charge in [0.2, 0.25) is 0 Å². The number of amides is 1. The molecule has 23 heavy (non-hydrogen) atoms. The summed E-state index contributed by atoms with van der Waals surface area (Å²) in [6.07, 6.45) is 7.16. The van der Waals surface area contributed by atoms with Crippen molar-refractivity contribution in [2.45, 2.75) is 13.3 Å². The first kappa shape index (κ1) is 15.2. The molecule has 0 aromatic carbocycles. The van der Waals surface area contributed by atoms with Crippen molar-refractivity contribution < 1.29 is 14.3 Å². The average Bonchev–Trinajstić information content (AvgIpc) is 3.19. The van der Waals surface area contributed by atoms with Gasteiger partial charge >= 0.3 is 0 Å². The number of aryl methyl sites for hydroxylation is 1. The van der Waals surface area contributed by atoms with Crippen molar-refractivity contribution in [2.24, 2.45) is 5.92 Å². The SMILES string of the molecule is Cc1cnc2c(C(=O)NC[C@@H](CO)Cc3ccco3)cnn2c1. The van der Waals surface area contributed by atoms with Gasteiger partial charge in [0, 0.05) is 37.9 Å². The summed E-state index contributed by atoms with van der Waals surface area (Å²) in [5.41, 5.74) is 1.89. The Kier molecular flexibility index (Phi) is 4.38. The summed E-state index contributed by atoms with van der Waals surface area (Å²) >= 11 is 0. The van der Waals surface area contributed by atoms with Gasteiger partial charge in [-0.15, -0.1) is 0 Å². The standard InChI is InChI=1S/C16H18N4O3/c1-11-6-17-15-14(8-19-20(15)9-11)16(22)18-7-12(10-21)5-13-3-2-4-23-13/h2-4,6,8-9,12,21H,5,7,10H2,1H3,(H,18,22)/t12-/m0/s1. The summed E-state index contributed by atoms with van der Waals surface area (Å²) in [4.78, 5) is 16.6. The first-order valence-corrected chi connectivity index (χ1v) is 7.39. The van der Waals surface area contributed by atoms with Gasteiger partial charge in [0.15, 0.2) is 5.65 Å². The van der Waals surface area contributed by atoms with Crippen LogP contribution in [0.4, 0.5) is 0 Å². The lowest BCUT2D eigenvalue weighted by Gasteiger charge is -2.13. The third-order valence-electron chi connectivity index (χ3n) is 3.61. The third-order valence-corrected chi connectivity index (χ3v) is 3.61. The molecule has 0 fully saturated rings. The van der Waals surface area contributed by atoms with Crippen LogP contribution in [0.3, 0.4) is 0 Å². The Labute approximate surface area is 133 Å². The minimum absolute atomic E-state index is 0.0345. The fraction of sp³-hybridized carbons (Fsp3) is 0.312. The molecule has 7 nitrogen and oxygen atoms in total. The Balaban J connectivity index is 1.65. The fourth-order valence-corrected chi connectivity index (χ4v) is 2.38. The molecule has 7 heteroatoms. The van der Waals surface area contributed by atoms with Gasteiger partial charge < -0.3 is 14.8 Å². The monoisotopic (exact) mass is 314 g/mol. The Morgan fingerprint density at radius 1 is 1.48 bits per heavy atom. The van der Waals surface area contributed by atoms with Gasteiger partial charge in [-0.2, -0.15) is 5.10 Å². The van der Waals surface area contributed by atoms with Gasteiger partial charge in [0.05, 0.1) is 12.5 Å². The molecule has 2 N–H and O–H groups in total. The lowest BCUT2D eigenvalue weighted by atomic mass is 10.1. The zero-order valence-corrected chi connectivity index (χ0v) is 12.8. The number of nitrogens with one attached hydrogen (secondary N) is 1. The molecular formula is C16H18N4O3. The summed E-state index contributed by atoms with van der Waals surface area (Å²) < 4.78 is 6.85. The maximum atomic E-state index is 12.3. The van der Waals surface area contributed by atoms with Crippen LogP contribution in [-0.2, 0) is 6.42 Å². The van der Waals surface area contributed by atoms with Gasteiger partial charge in [0.25, 0.3) is 5.91 Å². The van der Waals surface area contributed by atoms with Gasteiger partial charge in [-0.1, -0.05) is 0 Å². The quantitative estimate of drug-likeness (QED) is 0.713. The van der Waals surface area contributed by atoms with Crippen molar-refractivity contribution >= 4 is 11.6 Å². The van der Waals surface area contributed by atoms with E-state index in [1.807, 2.05) is 19.2 Å². The van der Waals surface area contributed by atoms with E-state index in [1.54, 1.807) is 23.0 Å². The van der Waals surface area contributed by atoms with E-state index in [4.69, 9.17) is 4.42 Å². The second-order valence-corrected chi connectivity index (χ2v) is 5.50. The molecule has 3 rings (SSSR count). The van der Waals surface area contributed by atoms with E-state index < -0.39 is 0 Å². The number of carbonyl (C=O) groups is 1. The van der Waals surface area contributed by atoms with Gasteiger partial charge in [0.1, 0.15) is 11.3 Å². The molecule has 3 aromatic rings. The van der Waals surface area contributed by atoms with Crippen LogP contribution >= 0.6 is 0 Å². The molecule has 3 heterocycles. The molecule has 0 saturated heterocycles. The van der Waals surface area contributed by atoms with E-state index in [9.17, 15) is 9.90 Å². The molecule has 0 aliphatic rings. The van der Waals surface area contributed by atoms with Crippen LogP contribution in [0, 0.1) is 12.8 Å². The smallest absolute Gasteiger partial charge is 0.256 e. The van der Waals surface area contributed by atoms with E-state index in [2.05, 4.69) is 15.4 Å². The number of nitrogens with zero attached hydrogens (tertiary/aromatic N) is 3. The molecule has 0 saturated carbocycles. The van der Waals surface area contributed by atoms with Crippen LogP contribution in [0.1, 0.15) is 21.7 Å². The molecule has 120 valence electrons. The predicted octanol–water partition coefficient (Wildman–Crippen LogP) is 1.21. The molecule has 0 aliphatic carbocycles. The lowest BCUT2D eigenvalue weighted by Crippen LogP contribution is -2.31. The largest absolute Gasteiger partial charge is 0.469 e. The van der Waals surface area contributed by atoms with Crippen molar-refractivity contribution in [3.05, 3.63) is 53.9 Å². The van der Waals surface area contributed by atoms with Crippen LogP contribution < -0.4 is 5.32 Å². The molecule has 0 unspecified atom stereocenters. The zero-order valence-electron chi connectivity index (χ0n) is 12.8. The van der Waals surface area contributed by atoms with Gasteiger partial charge in [-0.25, -0.2) is 9.50 Å². The number of aliphatic hydroxyl groups excluding tert-OH is 1. The van der Waals surface area contributed by atoms with Crippen molar-refractivity contribution in [1.82, 2.24) is 19.9 Å². The van der Waals surface area contributed by atoms with Crippen molar-refractivity contribution in [3.63, 3.8) is 0 Å². The van der Waals surface area contributed by atoms with Crippen LogP contribution in [-0.4, -0.2) is 38.8 Å². The first-order valence-electron chi connectivity index (χ1n) is 7.39. The van der Waals surface area contributed by atoms with E-state index in [1.165, 1.54) is 6.20 Å². The maximum absolute atomic E-state index is 12.3. The summed E-state index contributed by atoms with van der Waals surface area (Å²) in [6, 6.07) is 3.65. The summed E-state index contributed by atoms with van der Waals surface area (Å²) in [7, 11) is 0. The molecule has 0 spiro atoms. The first-order chi connectivity index (χ1) is 11.2. The Hall–Kier alpha value is -2.67. The van der Waals surface area contributed by atoms with Gasteiger partial charge in [-0.05, 0) is 24.6 Å². The second kappa shape index (κ2) is 6.62. The van der Waals surface area contributed by atoms with Gasteiger partial charge in [-0.3, -0.25) is 4.79 Å². The summed E-state index contributed by atoms with van der Waals surface area (Å²) in [5, 5.41) is 16.4. The van der Waals surface area contributed by atoms with Crippen molar-refractivity contribution in [1.29, 1.82) is 0 Å². The summed E-state index contributed by atoms with van der Waals surface area (Å²) in [6.45, 7) is 2.22. The van der Waals surface area contributed by atoms with Crippen LogP contribution in [0.5, 0.6) is 0 Å². The van der Waals surface area contributed by atoms with Crippen LogP contribution in [0.25, 0.3) is 5.65 Å². The minimum Gasteiger partial charge on any atom is -0.469 e. The third kappa shape index (κ3) is 3.40. The number of hydrogen-bond donors (Lipinski definition) is 2. The number of carbonyl (C=O) groups excluding carboxylic acids is 1. The van der Waals surface area contributed by atoms with E-state index >= 15 is 0 Å². The Bertz CT molecular complexity index is 795. The number of aliphatic hydroxyl groups is 1. The topological polar surface area (TPSA) is 92.7 Å². The molecule has 0 radical (unpaired) electrons. The number of fused-ring (bicyclic) bond motifs is 1. The highest BCUT2D eigenvalue weighted by Gasteiger charge is 2.16. The number of rotatable bonds is 6. The van der Waals surface area contributed by atoms with E-state index in [0.717, 1.165) is 11.3 Å². The van der Waals surface area contributed by atoms with Crippen molar-refractivity contribution in [2.75, 3.05) is 13.2 Å². The normalized spacial score (nSPS) is 12.4. The lowest BCUT2D eigenvalue weighted by molar-refractivity contribution is 0.0940. The number of aromatic nitrogens is 3. The average molecular weight is 314 g/mol. The Morgan fingerprint density at radius 2 is 2.35 bits per heavy atom. The minimum atomic E-state index is -0.255.